The zero-order valence-electron chi connectivity index (χ0n) is 13.7. The van der Waals surface area contributed by atoms with Crippen molar-refractivity contribution in [1.82, 2.24) is 15.5 Å². The number of nitrogens with zero attached hydrogens (tertiary/aromatic N) is 1. The quantitative estimate of drug-likeness (QED) is 0.745. The van der Waals surface area contributed by atoms with Crippen LogP contribution in [0.3, 0.4) is 0 Å². The molecular formula is C18H27N3O2. The Balaban J connectivity index is 1.46. The molecule has 1 saturated carbocycles. The molecule has 5 nitrogen and oxygen atoms in total. The number of carbonyl (C=O) groups excluding carboxylic acids is 1. The highest BCUT2D eigenvalue weighted by atomic mass is 16.3. The predicted molar refractivity (Wildman–Crippen MR) is 90.3 cm³/mol. The number of urea groups is 1. The van der Waals surface area contributed by atoms with E-state index < -0.39 is 0 Å². The fraction of sp³-hybridized carbons (Fsp3) is 0.611. The van der Waals surface area contributed by atoms with Crippen molar-refractivity contribution in [2.75, 3.05) is 13.2 Å². The van der Waals surface area contributed by atoms with Crippen molar-refractivity contribution >= 4 is 6.03 Å². The molecule has 1 heterocycles. The lowest BCUT2D eigenvalue weighted by Gasteiger charge is -2.20. The molecule has 0 spiro atoms. The largest absolute Gasteiger partial charge is 0.394 e. The minimum atomic E-state index is -0.254. The average molecular weight is 317 g/mol. The van der Waals surface area contributed by atoms with Crippen molar-refractivity contribution in [2.45, 2.75) is 56.8 Å². The van der Waals surface area contributed by atoms with Crippen molar-refractivity contribution in [3.63, 3.8) is 0 Å². The molecule has 23 heavy (non-hydrogen) atoms. The Morgan fingerprint density at radius 2 is 2.09 bits per heavy atom. The molecule has 1 aromatic rings. The molecule has 1 aromatic carbocycles. The van der Waals surface area contributed by atoms with Gasteiger partial charge in [0.1, 0.15) is 0 Å². The number of aliphatic hydroxyl groups is 1. The first-order valence-electron chi connectivity index (χ1n) is 8.63. The van der Waals surface area contributed by atoms with Gasteiger partial charge in [-0.1, -0.05) is 30.3 Å². The van der Waals surface area contributed by atoms with E-state index in [9.17, 15) is 9.90 Å². The topological polar surface area (TPSA) is 64.6 Å². The number of hydrogen-bond donors (Lipinski definition) is 3. The van der Waals surface area contributed by atoms with Crippen molar-refractivity contribution in [3.8, 4) is 0 Å². The first kappa shape index (κ1) is 16.3. The molecule has 1 aliphatic heterocycles. The molecule has 1 saturated heterocycles. The molecule has 3 N–H and O–H groups in total. The molecule has 1 aliphatic carbocycles. The maximum Gasteiger partial charge on any atom is 0.315 e. The van der Waals surface area contributed by atoms with Gasteiger partial charge in [0.15, 0.2) is 0 Å². The normalized spacial score (nSPS) is 26.0. The highest BCUT2D eigenvalue weighted by Gasteiger charge is 2.39. The Morgan fingerprint density at radius 1 is 1.35 bits per heavy atom. The van der Waals surface area contributed by atoms with Crippen LogP contribution in [0.4, 0.5) is 4.79 Å². The third-order valence-corrected chi connectivity index (χ3v) is 4.85. The average Bonchev–Trinajstić information content (AvgIpc) is 3.31. The van der Waals surface area contributed by atoms with E-state index in [1.807, 2.05) is 30.3 Å². The van der Waals surface area contributed by atoms with Crippen molar-refractivity contribution < 1.29 is 9.90 Å². The van der Waals surface area contributed by atoms with Crippen LogP contribution in [0.1, 0.15) is 31.7 Å². The van der Waals surface area contributed by atoms with Gasteiger partial charge in [-0.25, -0.2) is 4.79 Å². The zero-order valence-corrected chi connectivity index (χ0v) is 13.7. The SMILES string of the molecule is C[C@H]1C[C@@H](NC(=O)N[C@H](CO)Cc2ccccc2)CN1C1CC1. The van der Waals surface area contributed by atoms with Gasteiger partial charge < -0.3 is 15.7 Å². The minimum absolute atomic E-state index is 0.0580. The van der Waals surface area contributed by atoms with Crippen LogP contribution in [-0.4, -0.2) is 53.4 Å². The highest BCUT2D eigenvalue weighted by molar-refractivity contribution is 5.74. The van der Waals surface area contributed by atoms with Crippen LogP contribution < -0.4 is 10.6 Å². The summed E-state index contributed by atoms with van der Waals surface area (Å²) >= 11 is 0. The molecule has 0 unspecified atom stereocenters. The predicted octanol–water partition coefficient (Wildman–Crippen LogP) is 1.51. The first-order valence-corrected chi connectivity index (χ1v) is 8.63. The number of carbonyl (C=O) groups is 1. The van der Waals surface area contributed by atoms with E-state index >= 15 is 0 Å². The molecule has 2 fully saturated rings. The van der Waals surface area contributed by atoms with Gasteiger partial charge in [0, 0.05) is 24.7 Å². The summed E-state index contributed by atoms with van der Waals surface area (Å²) in [6, 6.07) is 11.0. The second kappa shape index (κ2) is 7.32. The molecule has 2 amide bonds. The highest BCUT2D eigenvalue weighted by Crippen LogP contribution is 2.33. The van der Waals surface area contributed by atoms with E-state index in [4.69, 9.17) is 0 Å². The molecule has 126 valence electrons. The summed E-state index contributed by atoms with van der Waals surface area (Å²) in [5.41, 5.74) is 1.11. The Labute approximate surface area is 138 Å². The molecular weight excluding hydrogens is 290 g/mol. The summed E-state index contributed by atoms with van der Waals surface area (Å²) in [5, 5.41) is 15.5. The van der Waals surface area contributed by atoms with Crippen LogP contribution in [0.15, 0.2) is 30.3 Å². The van der Waals surface area contributed by atoms with Gasteiger partial charge >= 0.3 is 6.03 Å². The van der Waals surface area contributed by atoms with E-state index in [0.29, 0.717) is 12.5 Å². The summed E-state index contributed by atoms with van der Waals surface area (Å²) in [6.07, 6.45) is 4.24. The van der Waals surface area contributed by atoms with Crippen molar-refractivity contribution in [1.29, 1.82) is 0 Å². The van der Waals surface area contributed by atoms with Gasteiger partial charge in [0.2, 0.25) is 0 Å². The third-order valence-electron chi connectivity index (χ3n) is 4.85. The third kappa shape index (κ3) is 4.45. The maximum absolute atomic E-state index is 12.2. The Hall–Kier alpha value is -1.59. The number of rotatable bonds is 6. The lowest BCUT2D eigenvalue weighted by atomic mass is 10.1. The van der Waals surface area contributed by atoms with E-state index in [-0.39, 0.29) is 24.7 Å². The number of aliphatic hydroxyl groups excluding tert-OH is 1. The van der Waals surface area contributed by atoms with Gasteiger partial charge in [-0.15, -0.1) is 0 Å². The summed E-state index contributed by atoms with van der Waals surface area (Å²) in [7, 11) is 0. The molecule has 3 rings (SSSR count). The maximum atomic E-state index is 12.2. The van der Waals surface area contributed by atoms with Crippen LogP contribution in [-0.2, 0) is 6.42 Å². The molecule has 0 bridgehead atoms. The van der Waals surface area contributed by atoms with Crippen molar-refractivity contribution in [3.05, 3.63) is 35.9 Å². The van der Waals surface area contributed by atoms with E-state index in [1.165, 1.54) is 12.8 Å². The fourth-order valence-corrected chi connectivity index (χ4v) is 3.55. The Bertz CT molecular complexity index is 518. The van der Waals surface area contributed by atoms with Crippen LogP contribution in [0.25, 0.3) is 0 Å². The monoisotopic (exact) mass is 317 g/mol. The van der Waals surface area contributed by atoms with Crippen LogP contribution in [0.5, 0.6) is 0 Å². The number of benzene rings is 1. The smallest absolute Gasteiger partial charge is 0.315 e. The molecule has 2 aliphatic rings. The fourth-order valence-electron chi connectivity index (χ4n) is 3.55. The lowest BCUT2D eigenvalue weighted by Crippen LogP contribution is -2.49. The first-order chi connectivity index (χ1) is 11.2. The van der Waals surface area contributed by atoms with E-state index in [1.54, 1.807) is 0 Å². The summed E-state index contributed by atoms with van der Waals surface area (Å²) < 4.78 is 0. The molecule has 0 radical (unpaired) electrons. The number of likely N-dealkylation sites (tertiary alicyclic amines) is 1. The number of amides is 2. The van der Waals surface area contributed by atoms with Crippen LogP contribution >= 0.6 is 0 Å². The minimum Gasteiger partial charge on any atom is -0.394 e. The van der Waals surface area contributed by atoms with E-state index in [2.05, 4.69) is 22.5 Å². The van der Waals surface area contributed by atoms with Crippen LogP contribution in [0, 0.1) is 0 Å². The zero-order chi connectivity index (χ0) is 16.2. The standard InChI is InChI=1S/C18H27N3O2/c1-13-9-15(11-21(13)17-7-8-17)19-18(23)20-16(12-22)10-14-5-3-2-4-6-14/h2-6,13,15-17,22H,7-12H2,1H3,(H2,19,20,23)/t13-,15+,16-/m0/s1. The van der Waals surface area contributed by atoms with Gasteiger partial charge in [0.25, 0.3) is 0 Å². The molecule has 3 atom stereocenters. The summed E-state index contributed by atoms with van der Waals surface area (Å²) in [4.78, 5) is 14.7. The second-order valence-electron chi connectivity index (χ2n) is 6.90. The number of nitrogens with one attached hydrogen (secondary N) is 2. The molecule has 5 heteroatoms. The van der Waals surface area contributed by atoms with Gasteiger partial charge in [-0.3, -0.25) is 4.90 Å². The van der Waals surface area contributed by atoms with Gasteiger partial charge in [0.05, 0.1) is 12.6 Å². The summed E-state index contributed by atoms with van der Waals surface area (Å²) in [6.45, 7) is 3.13. The van der Waals surface area contributed by atoms with E-state index in [0.717, 1.165) is 24.6 Å². The molecule has 0 aromatic heterocycles. The lowest BCUT2D eigenvalue weighted by molar-refractivity contribution is 0.212. The van der Waals surface area contributed by atoms with Crippen LogP contribution in [0.2, 0.25) is 0 Å². The number of hydrogen-bond acceptors (Lipinski definition) is 3. The van der Waals surface area contributed by atoms with Crippen molar-refractivity contribution in [2.24, 2.45) is 0 Å². The Morgan fingerprint density at radius 3 is 2.74 bits per heavy atom. The Kier molecular flexibility index (Phi) is 5.18. The second-order valence-corrected chi connectivity index (χ2v) is 6.90. The van der Waals surface area contributed by atoms with Gasteiger partial charge in [-0.05, 0) is 38.2 Å². The van der Waals surface area contributed by atoms with Gasteiger partial charge in [-0.2, -0.15) is 0 Å². The summed E-state index contributed by atoms with van der Waals surface area (Å²) in [5.74, 6) is 0.